The van der Waals surface area contributed by atoms with Gasteiger partial charge in [-0.2, -0.15) is 0 Å². The highest BCUT2D eigenvalue weighted by molar-refractivity contribution is 6.01. The maximum atomic E-state index is 12.5. The van der Waals surface area contributed by atoms with Gasteiger partial charge in [-0.25, -0.2) is 0 Å². The van der Waals surface area contributed by atoms with Gasteiger partial charge >= 0.3 is 0 Å². The minimum Gasteiger partial charge on any atom is -0.482 e. The molecule has 3 aromatic carbocycles. The van der Waals surface area contributed by atoms with Crippen LogP contribution in [0.2, 0.25) is 0 Å². The van der Waals surface area contributed by atoms with E-state index in [-0.39, 0.29) is 37.0 Å². The van der Waals surface area contributed by atoms with E-state index in [1.165, 1.54) is 0 Å². The summed E-state index contributed by atoms with van der Waals surface area (Å²) in [5.74, 6) is 0.114. The van der Waals surface area contributed by atoms with Crippen LogP contribution in [-0.4, -0.2) is 24.2 Å². The largest absolute Gasteiger partial charge is 0.482 e. The van der Waals surface area contributed by atoms with Gasteiger partial charge in [-0.05, 0) is 30.7 Å². The highest BCUT2D eigenvalue weighted by atomic mass is 16.5. The molecule has 0 saturated heterocycles. The Morgan fingerprint density at radius 1 is 0.969 bits per heavy atom. The third kappa shape index (κ3) is 5.03. The van der Waals surface area contributed by atoms with Crippen LogP contribution in [-0.2, 0) is 16.1 Å². The summed E-state index contributed by atoms with van der Waals surface area (Å²) in [7, 11) is 0. The van der Waals surface area contributed by atoms with Crippen molar-refractivity contribution in [1.29, 1.82) is 0 Å². The number of amides is 2. The first-order chi connectivity index (χ1) is 15.5. The Labute approximate surface area is 186 Å². The predicted molar refractivity (Wildman–Crippen MR) is 123 cm³/mol. The Morgan fingerprint density at radius 3 is 2.47 bits per heavy atom. The molecule has 0 radical (unpaired) electrons. The van der Waals surface area contributed by atoms with Crippen LogP contribution >= 0.6 is 0 Å². The first-order valence-electron chi connectivity index (χ1n) is 10.5. The number of aryl methyl sites for hydroxylation is 1. The summed E-state index contributed by atoms with van der Waals surface area (Å²) in [5.41, 5.74) is 3.84. The Morgan fingerprint density at radius 2 is 1.72 bits per heavy atom. The summed E-state index contributed by atoms with van der Waals surface area (Å²) in [5, 5.41) is 2.82. The van der Waals surface area contributed by atoms with Crippen molar-refractivity contribution in [3.05, 3.63) is 89.5 Å². The Balaban J connectivity index is 1.42. The minimum absolute atomic E-state index is 0.0212. The van der Waals surface area contributed by atoms with Gasteiger partial charge in [0.2, 0.25) is 5.91 Å². The van der Waals surface area contributed by atoms with E-state index in [2.05, 4.69) is 5.32 Å². The molecule has 0 fully saturated rings. The zero-order valence-corrected chi connectivity index (χ0v) is 17.8. The lowest BCUT2D eigenvalue weighted by Crippen LogP contribution is -2.38. The molecule has 0 bridgehead atoms. The van der Waals surface area contributed by atoms with E-state index < -0.39 is 0 Å². The fourth-order valence-electron chi connectivity index (χ4n) is 3.55. The van der Waals surface area contributed by atoms with E-state index in [1.807, 2.05) is 49.4 Å². The lowest BCUT2D eigenvalue weighted by molar-refractivity contribution is -0.121. The van der Waals surface area contributed by atoms with Gasteiger partial charge in [0.15, 0.2) is 12.4 Å². The maximum absolute atomic E-state index is 12.5. The van der Waals surface area contributed by atoms with Gasteiger partial charge in [0.25, 0.3) is 5.91 Å². The molecule has 0 unspecified atom stereocenters. The van der Waals surface area contributed by atoms with Crippen LogP contribution in [0.5, 0.6) is 5.75 Å². The van der Waals surface area contributed by atoms with Gasteiger partial charge in [-0.3, -0.25) is 14.4 Å². The van der Waals surface area contributed by atoms with Crippen molar-refractivity contribution in [3.63, 3.8) is 0 Å². The van der Waals surface area contributed by atoms with Crippen molar-refractivity contribution in [2.24, 2.45) is 0 Å². The Kier molecular flexibility index (Phi) is 6.31. The number of hydrogen-bond donors (Lipinski definition) is 1. The summed E-state index contributed by atoms with van der Waals surface area (Å²) in [6, 6.07) is 22.2. The summed E-state index contributed by atoms with van der Waals surface area (Å²) < 4.78 is 5.55. The van der Waals surface area contributed by atoms with Crippen LogP contribution in [0.1, 0.15) is 34.3 Å². The lowest BCUT2D eigenvalue weighted by Gasteiger charge is -2.30. The van der Waals surface area contributed by atoms with Crippen molar-refractivity contribution in [2.45, 2.75) is 26.3 Å². The lowest BCUT2D eigenvalue weighted by atomic mass is 10.0. The fraction of sp³-hybridized carbons (Fsp3) is 0.192. The molecule has 4 rings (SSSR count). The second-order valence-electron chi connectivity index (χ2n) is 7.77. The number of hydrogen-bond acceptors (Lipinski definition) is 4. The molecule has 32 heavy (non-hydrogen) atoms. The van der Waals surface area contributed by atoms with Gasteiger partial charge in [-0.1, -0.05) is 60.2 Å². The van der Waals surface area contributed by atoms with Crippen molar-refractivity contribution in [3.8, 4) is 5.75 Å². The molecule has 0 atom stereocenters. The van der Waals surface area contributed by atoms with E-state index in [4.69, 9.17) is 4.74 Å². The number of benzene rings is 3. The van der Waals surface area contributed by atoms with Crippen LogP contribution in [0.15, 0.2) is 72.8 Å². The number of ether oxygens (including phenoxy) is 1. The first-order valence-corrected chi connectivity index (χ1v) is 10.5. The third-order valence-corrected chi connectivity index (χ3v) is 5.32. The van der Waals surface area contributed by atoms with Crippen molar-refractivity contribution in [1.82, 2.24) is 0 Å². The van der Waals surface area contributed by atoms with E-state index >= 15 is 0 Å². The molecule has 1 aliphatic heterocycles. The quantitative estimate of drug-likeness (QED) is 0.562. The second kappa shape index (κ2) is 9.47. The van der Waals surface area contributed by atoms with E-state index in [0.29, 0.717) is 29.2 Å². The molecule has 1 aliphatic rings. The molecule has 0 aromatic heterocycles. The average Bonchev–Trinajstić information content (AvgIpc) is 2.80. The average molecular weight is 428 g/mol. The molecular weight excluding hydrogens is 404 g/mol. The molecule has 0 saturated carbocycles. The molecule has 6 nitrogen and oxygen atoms in total. The molecule has 3 aromatic rings. The topological polar surface area (TPSA) is 75.7 Å². The standard InChI is InChI=1S/C26H24N2O4/c1-18-7-9-20(10-8-18)23(29)12-14-25(30)27-21-11-13-24-22(15-21)28(26(31)17-32-24)16-19-5-3-2-4-6-19/h2-11,13,15H,12,14,16-17H2,1H3,(H,27,30). The normalized spacial score (nSPS) is 12.7. The number of Topliss-reactive ketones (excluding diaryl/α,β-unsaturated/α-hetero) is 1. The van der Waals surface area contributed by atoms with Crippen LogP contribution < -0.4 is 15.0 Å². The van der Waals surface area contributed by atoms with Gasteiger partial charge < -0.3 is 15.0 Å². The molecular formula is C26H24N2O4. The van der Waals surface area contributed by atoms with Gasteiger partial charge in [-0.15, -0.1) is 0 Å². The molecule has 1 heterocycles. The first kappa shape index (κ1) is 21.3. The number of carbonyl (C=O) groups is 3. The van der Waals surface area contributed by atoms with Crippen LogP contribution in [0.3, 0.4) is 0 Å². The maximum Gasteiger partial charge on any atom is 0.265 e. The van der Waals surface area contributed by atoms with Crippen LogP contribution in [0.4, 0.5) is 11.4 Å². The SMILES string of the molecule is Cc1ccc(C(=O)CCC(=O)Nc2ccc3c(c2)N(Cc2ccccc2)C(=O)CO3)cc1. The van der Waals surface area contributed by atoms with Crippen molar-refractivity contribution >= 4 is 29.0 Å². The smallest absolute Gasteiger partial charge is 0.265 e. The fourth-order valence-corrected chi connectivity index (χ4v) is 3.55. The number of carbonyl (C=O) groups excluding carboxylic acids is 3. The number of nitrogens with one attached hydrogen (secondary N) is 1. The zero-order valence-electron chi connectivity index (χ0n) is 17.8. The Hall–Kier alpha value is -3.93. The molecule has 2 amide bonds. The second-order valence-corrected chi connectivity index (χ2v) is 7.77. The summed E-state index contributed by atoms with van der Waals surface area (Å²) in [4.78, 5) is 38.9. The van der Waals surface area contributed by atoms with Crippen LogP contribution in [0, 0.1) is 6.92 Å². The third-order valence-electron chi connectivity index (χ3n) is 5.32. The number of anilines is 2. The predicted octanol–water partition coefficient (Wildman–Crippen LogP) is 4.52. The molecule has 0 spiro atoms. The van der Waals surface area contributed by atoms with Crippen LogP contribution in [0.25, 0.3) is 0 Å². The van der Waals surface area contributed by atoms with Crippen molar-refractivity contribution < 1.29 is 19.1 Å². The molecule has 6 heteroatoms. The monoisotopic (exact) mass is 428 g/mol. The van der Waals surface area contributed by atoms with E-state index in [0.717, 1.165) is 11.1 Å². The van der Waals surface area contributed by atoms with Gasteiger partial charge in [0, 0.05) is 24.1 Å². The summed E-state index contributed by atoms with van der Waals surface area (Å²) >= 11 is 0. The zero-order chi connectivity index (χ0) is 22.5. The van der Waals surface area contributed by atoms with E-state index in [9.17, 15) is 14.4 Å². The minimum atomic E-state index is -0.261. The molecule has 0 aliphatic carbocycles. The van der Waals surface area contributed by atoms with Gasteiger partial charge in [0.1, 0.15) is 5.75 Å². The summed E-state index contributed by atoms with van der Waals surface area (Å²) in [6.07, 6.45) is 0.203. The Bertz CT molecular complexity index is 1140. The van der Waals surface area contributed by atoms with Crippen molar-refractivity contribution in [2.75, 3.05) is 16.8 Å². The number of fused-ring (bicyclic) bond motifs is 1. The molecule has 1 N–H and O–H groups in total. The highest BCUT2D eigenvalue weighted by Gasteiger charge is 2.26. The molecule has 162 valence electrons. The van der Waals surface area contributed by atoms with Gasteiger partial charge in [0.05, 0.1) is 12.2 Å². The number of rotatable bonds is 7. The number of nitrogens with zero attached hydrogens (tertiary/aromatic N) is 1. The number of ketones is 1. The highest BCUT2D eigenvalue weighted by Crippen LogP contribution is 2.35. The van der Waals surface area contributed by atoms with E-state index in [1.54, 1.807) is 35.2 Å². The summed E-state index contributed by atoms with van der Waals surface area (Å²) in [6.45, 7) is 2.35.